The third kappa shape index (κ3) is 3.26. The number of anilines is 1. The van der Waals surface area contributed by atoms with Gasteiger partial charge in [0.25, 0.3) is 10.0 Å². The van der Waals surface area contributed by atoms with E-state index in [0.717, 1.165) is 11.1 Å². The molecule has 0 radical (unpaired) electrons. The number of methoxy groups -OCH3 is 1. The van der Waals surface area contributed by atoms with E-state index in [-0.39, 0.29) is 10.9 Å². The van der Waals surface area contributed by atoms with E-state index in [1.807, 2.05) is 25.1 Å². The summed E-state index contributed by atoms with van der Waals surface area (Å²) in [6, 6.07) is 13.6. The molecule has 1 N–H and O–H groups in total. The number of furan rings is 1. The Morgan fingerprint density at radius 3 is 2.67 bits per heavy atom. The fourth-order valence-electron chi connectivity index (χ4n) is 2.18. The van der Waals surface area contributed by atoms with Gasteiger partial charge in [-0.2, -0.15) is 13.4 Å². The molecule has 0 amide bonds. The second kappa shape index (κ2) is 6.37. The summed E-state index contributed by atoms with van der Waals surface area (Å²) in [5, 5.41) is -0.107. The Bertz CT molecular complexity index is 950. The average molecular weight is 344 g/mol. The minimum Gasteiger partial charge on any atom is -0.481 e. The Balaban J connectivity index is 1.96. The molecule has 0 unspecified atom stereocenters. The van der Waals surface area contributed by atoms with Crippen LogP contribution in [0, 0.1) is 6.92 Å². The number of rotatable bonds is 5. The Kier molecular flexibility index (Phi) is 4.26. The van der Waals surface area contributed by atoms with Crippen LogP contribution in [0.5, 0.6) is 5.88 Å². The van der Waals surface area contributed by atoms with Crippen molar-refractivity contribution in [3.8, 4) is 17.2 Å². The van der Waals surface area contributed by atoms with Crippen molar-refractivity contribution in [1.29, 1.82) is 0 Å². The minimum atomic E-state index is -3.83. The van der Waals surface area contributed by atoms with E-state index in [0.29, 0.717) is 11.4 Å². The van der Waals surface area contributed by atoms with Crippen molar-refractivity contribution in [1.82, 2.24) is 4.98 Å². The zero-order valence-electron chi connectivity index (χ0n) is 13.2. The molecule has 0 atom stereocenters. The van der Waals surface area contributed by atoms with Crippen LogP contribution in [0.25, 0.3) is 11.3 Å². The summed E-state index contributed by atoms with van der Waals surface area (Å²) in [5.74, 6) is 0.897. The number of sulfonamides is 1. The molecular formula is C17H16N2O4S. The van der Waals surface area contributed by atoms with E-state index in [4.69, 9.17) is 9.15 Å². The van der Waals surface area contributed by atoms with Gasteiger partial charge < -0.3 is 9.15 Å². The number of aryl methyl sites for hydroxylation is 1. The number of nitrogens with one attached hydrogen (secondary N) is 1. The molecule has 0 aliphatic carbocycles. The van der Waals surface area contributed by atoms with Gasteiger partial charge in [0.05, 0.1) is 19.1 Å². The van der Waals surface area contributed by atoms with E-state index in [2.05, 4.69) is 9.71 Å². The quantitative estimate of drug-likeness (QED) is 0.766. The number of hydrogen-bond acceptors (Lipinski definition) is 5. The van der Waals surface area contributed by atoms with Crippen LogP contribution in [0.4, 0.5) is 5.69 Å². The van der Waals surface area contributed by atoms with Crippen molar-refractivity contribution in [2.24, 2.45) is 0 Å². The first-order valence-corrected chi connectivity index (χ1v) is 8.66. The molecule has 6 nitrogen and oxygen atoms in total. The Hall–Kier alpha value is -2.80. The van der Waals surface area contributed by atoms with Gasteiger partial charge in [-0.3, -0.25) is 4.72 Å². The molecule has 24 heavy (non-hydrogen) atoms. The molecule has 7 heteroatoms. The highest BCUT2D eigenvalue weighted by atomic mass is 32.2. The number of ether oxygens (including phenoxy) is 1. The molecule has 0 saturated heterocycles. The van der Waals surface area contributed by atoms with Crippen LogP contribution in [0.1, 0.15) is 5.56 Å². The van der Waals surface area contributed by atoms with Crippen LogP contribution in [-0.4, -0.2) is 20.5 Å². The third-order valence-corrected chi connectivity index (χ3v) is 4.74. The van der Waals surface area contributed by atoms with Crippen molar-refractivity contribution in [2.45, 2.75) is 11.9 Å². The lowest BCUT2D eigenvalue weighted by Crippen LogP contribution is -2.15. The van der Waals surface area contributed by atoms with Gasteiger partial charge in [0.15, 0.2) is 5.03 Å². The smallest absolute Gasteiger partial charge is 0.279 e. The summed E-state index contributed by atoms with van der Waals surface area (Å²) >= 11 is 0. The number of nitrogens with zero attached hydrogens (tertiary/aromatic N) is 1. The average Bonchev–Trinajstić information content (AvgIpc) is 3.11. The molecular weight excluding hydrogens is 328 g/mol. The standard InChI is InChI=1S/C17H16N2O4S/c1-12-8-9-13(15-5-4-10-23-15)11-14(12)19-24(20,21)17-7-3-6-16(18-17)22-2/h3-11,19H,1-2H3. The lowest BCUT2D eigenvalue weighted by atomic mass is 10.1. The van der Waals surface area contributed by atoms with E-state index in [9.17, 15) is 8.42 Å². The van der Waals surface area contributed by atoms with E-state index >= 15 is 0 Å². The second-order valence-electron chi connectivity index (χ2n) is 5.13. The zero-order valence-corrected chi connectivity index (χ0v) is 14.0. The maximum Gasteiger partial charge on any atom is 0.279 e. The Labute approximate surface area is 140 Å². The van der Waals surface area contributed by atoms with Crippen LogP contribution in [0.2, 0.25) is 0 Å². The minimum absolute atomic E-state index is 0.107. The molecule has 0 spiro atoms. The second-order valence-corrected chi connectivity index (χ2v) is 6.76. The molecule has 2 heterocycles. The van der Waals surface area contributed by atoms with Crippen LogP contribution < -0.4 is 9.46 Å². The maximum atomic E-state index is 12.6. The summed E-state index contributed by atoms with van der Waals surface area (Å²) in [6.07, 6.45) is 1.57. The molecule has 1 aromatic carbocycles. The van der Waals surface area contributed by atoms with Gasteiger partial charge in [-0.15, -0.1) is 0 Å². The summed E-state index contributed by atoms with van der Waals surface area (Å²) < 4.78 is 38.0. The third-order valence-electron chi connectivity index (χ3n) is 3.47. The molecule has 0 aliphatic heterocycles. The summed E-state index contributed by atoms with van der Waals surface area (Å²) in [4.78, 5) is 3.97. The number of pyridine rings is 1. The lowest BCUT2D eigenvalue weighted by Gasteiger charge is -2.12. The van der Waals surface area contributed by atoms with E-state index in [1.54, 1.807) is 30.5 Å². The summed E-state index contributed by atoms with van der Waals surface area (Å²) in [6.45, 7) is 1.82. The Morgan fingerprint density at radius 1 is 1.12 bits per heavy atom. The van der Waals surface area contributed by atoms with Crippen LogP contribution in [0.3, 0.4) is 0 Å². The summed E-state index contributed by atoms with van der Waals surface area (Å²) in [5.41, 5.74) is 2.03. The van der Waals surface area contributed by atoms with Gasteiger partial charge in [0, 0.05) is 11.6 Å². The van der Waals surface area contributed by atoms with Gasteiger partial charge in [0.2, 0.25) is 5.88 Å². The molecule has 3 aromatic rings. The highest BCUT2D eigenvalue weighted by Crippen LogP contribution is 2.27. The lowest BCUT2D eigenvalue weighted by molar-refractivity contribution is 0.394. The normalized spacial score (nSPS) is 11.2. The van der Waals surface area contributed by atoms with Crippen molar-refractivity contribution < 1.29 is 17.6 Å². The van der Waals surface area contributed by atoms with E-state index in [1.165, 1.54) is 13.2 Å². The van der Waals surface area contributed by atoms with Crippen LogP contribution in [-0.2, 0) is 10.0 Å². The molecule has 0 aliphatic rings. The molecule has 124 valence electrons. The predicted molar refractivity (Wildman–Crippen MR) is 90.5 cm³/mol. The first-order valence-electron chi connectivity index (χ1n) is 7.18. The molecule has 3 rings (SSSR count). The zero-order chi connectivity index (χ0) is 17.2. The van der Waals surface area contributed by atoms with Crippen molar-refractivity contribution in [3.05, 3.63) is 60.4 Å². The molecule has 0 saturated carbocycles. The van der Waals surface area contributed by atoms with Crippen molar-refractivity contribution in [3.63, 3.8) is 0 Å². The van der Waals surface area contributed by atoms with Crippen LogP contribution in [0.15, 0.2) is 64.2 Å². The fourth-order valence-corrected chi connectivity index (χ4v) is 3.27. The monoisotopic (exact) mass is 344 g/mol. The van der Waals surface area contributed by atoms with Gasteiger partial charge in [-0.1, -0.05) is 18.2 Å². The fraction of sp³-hybridized carbons (Fsp3) is 0.118. The molecule has 0 bridgehead atoms. The first-order chi connectivity index (χ1) is 11.5. The predicted octanol–water partition coefficient (Wildman–Crippen LogP) is 3.46. The molecule has 0 fully saturated rings. The van der Waals surface area contributed by atoms with Crippen molar-refractivity contribution in [2.75, 3.05) is 11.8 Å². The Morgan fingerprint density at radius 2 is 1.96 bits per heavy atom. The summed E-state index contributed by atoms with van der Waals surface area (Å²) in [7, 11) is -2.39. The van der Waals surface area contributed by atoms with E-state index < -0.39 is 10.0 Å². The maximum absolute atomic E-state index is 12.6. The topological polar surface area (TPSA) is 81.4 Å². The SMILES string of the molecule is COc1cccc(S(=O)(=O)Nc2cc(-c3ccco3)ccc2C)n1. The number of benzene rings is 1. The molecule has 2 aromatic heterocycles. The first kappa shape index (κ1) is 16.1. The highest BCUT2D eigenvalue weighted by Gasteiger charge is 2.18. The van der Waals surface area contributed by atoms with Gasteiger partial charge >= 0.3 is 0 Å². The van der Waals surface area contributed by atoms with Gasteiger partial charge in [-0.25, -0.2) is 0 Å². The largest absolute Gasteiger partial charge is 0.481 e. The van der Waals surface area contributed by atoms with Gasteiger partial charge in [-0.05, 0) is 36.8 Å². The van der Waals surface area contributed by atoms with Crippen LogP contribution >= 0.6 is 0 Å². The van der Waals surface area contributed by atoms with Crippen molar-refractivity contribution >= 4 is 15.7 Å². The highest BCUT2D eigenvalue weighted by molar-refractivity contribution is 7.92. The van der Waals surface area contributed by atoms with Gasteiger partial charge in [0.1, 0.15) is 5.76 Å². The number of hydrogen-bond donors (Lipinski definition) is 1. The number of aromatic nitrogens is 1.